The smallest absolute Gasteiger partial charge is 0.0596 e. The number of aliphatic hydroxyl groups excluding tert-OH is 1. The molecule has 1 unspecified atom stereocenters. The summed E-state index contributed by atoms with van der Waals surface area (Å²) in [5.74, 6) is 0.911. The van der Waals surface area contributed by atoms with E-state index in [4.69, 9.17) is 0 Å². The molecule has 64 valence electrons. The average molecular weight is 154 g/mol. The van der Waals surface area contributed by atoms with E-state index in [0.717, 1.165) is 12.3 Å². The molecule has 1 N–H and O–H groups in total. The molecule has 0 aromatic rings. The van der Waals surface area contributed by atoms with Gasteiger partial charge in [-0.05, 0) is 37.0 Å². The van der Waals surface area contributed by atoms with E-state index < -0.39 is 0 Å². The molecule has 2 aliphatic carbocycles. The maximum atomic E-state index is 9.61. The molecule has 0 heterocycles. The zero-order valence-corrected chi connectivity index (χ0v) is 7.34. The van der Waals surface area contributed by atoms with Gasteiger partial charge in [0.25, 0.3) is 0 Å². The fourth-order valence-electron chi connectivity index (χ4n) is 2.60. The lowest BCUT2D eigenvalue weighted by Crippen LogP contribution is -2.46. The van der Waals surface area contributed by atoms with Crippen molar-refractivity contribution in [1.29, 1.82) is 0 Å². The van der Waals surface area contributed by atoms with Crippen molar-refractivity contribution in [3.63, 3.8) is 0 Å². The van der Waals surface area contributed by atoms with Gasteiger partial charge in [0.2, 0.25) is 0 Å². The Morgan fingerprint density at radius 3 is 2.00 bits per heavy atom. The van der Waals surface area contributed by atoms with Crippen LogP contribution in [0.2, 0.25) is 0 Å². The molecule has 2 rings (SSSR count). The van der Waals surface area contributed by atoms with Crippen LogP contribution in [0.4, 0.5) is 0 Å². The highest BCUT2D eigenvalue weighted by molar-refractivity contribution is 4.97. The summed E-state index contributed by atoms with van der Waals surface area (Å²) < 4.78 is 0. The Hall–Kier alpha value is -0.0400. The van der Waals surface area contributed by atoms with Crippen LogP contribution in [0.25, 0.3) is 0 Å². The zero-order chi connectivity index (χ0) is 7.90. The van der Waals surface area contributed by atoms with Gasteiger partial charge in [-0.3, -0.25) is 0 Å². The molecule has 1 spiro atoms. The first-order valence-electron chi connectivity index (χ1n) is 4.91. The van der Waals surface area contributed by atoms with Crippen LogP contribution >= 0.6 is 0 Å². The fraction of sp³-hybridized carbons (Fsp3) is 1.00. The predicted molar refractivity (Wildman–Crippen MR) is 45.3 cm³/mol. The molecule has 0 amide bonds. The number of rotatable bonds is 0. The number of hydrogen-bond acceptors (Lipinski definition) is 1. The minimum atomic E-state index is 0.0509. The standard InChI is InChI=1S/C10H18O/c1-8-2-5-10(6-3-8)7-4-9(10)11/h8-9,11H,2-7H2,1H3. The highest BCUT2D eigenvalue weighted by Crippen LogP contribution is 2.52. The van der Waals surface area contributed by atoms with E-state index in [1.54, 1.807) is 0 Å². The van der Waals surface area contributed by atoms with Gasteiger partial charge in [0.05, 0.1) is 6.10 Å². The molecular weight excluding hydrogens is 136 g/mol. The summed E-state index contributed by atoms with van der Waals surface area (Å²) in [6.45, 7) is 2.33. The summed E-state index contributed by atoms with van der Waals surface area (Å²) in [7, 11) is 0. The Balaban J connectivity index is 1.96. The highest BCUT2D eigenvalue weighted by atomic mass is 16.3. The van der Waals surface area contributed by atoms with E-state index in [1.165, 1.54) is 32.1 Å². The third-order valence-electron chi connectivity index (χ3n) is 3.89. The van der Waals surface area contributed by atoms with Crippen molar-refractivity contribution in [1.82, 2.24) is 0 Å². The summed E-state index contributed by atoms with van der Waals surface area (Å²) in [5, 5.41) is 9.61. The van der Waals surface area contributed by atoms with Crippen molar-refractivity contribution in [2.75, 3.05) is 0 Å². The van der Waals surface area contributed by atoms with Crippen LogP contribution in [0.15, 0.2) is 0 Å². The second-order valence-electron chi connectivity index (χ2n) is 4.60. The van der Waals surface area contributed by atoms with E-state index in [1.807, 2.05) is 0 Å². The molecule has 1 atom stereocenters. The number of aliphatic hydroxyl groups is 1. The molecule has 0 aliphatic heterocycles. The van der Waals surface area contributed by atoms with Crippen molar-refractivity contribution >= 4 is 0 Å². The molecule has 1 nitrogen and oxygen atoms in total. The minimum Gasteiger partial charge on any atom is -0.393 e. The summed E-state index contributed by atoms with van der Waals surface area (Å²) >= 11 is 0. The second-order valence-corrected chi connectivity index (χ2v) is 4.60. The molecule has 0 aromatic carbocycles. The number of hydrogen-bond donors (Lipinski definition) is 1. The van der Waals surface area contributed by atoms with Gasteiger partial charge in [-0.25, -0.2) is 0 Å². The Bertz CT molecular complexity index is 145. The SMILES string of the molecule is CC1CCC2(CC1)CCC2O. The Labute approximate surface area is 68.8 Å². The molecule has 1 heteroatoms. The first kappa shape index (κ1) is 7.60. The van der Waals surface area contributed by atoms with E-state index in [9.17, 15) is 5.11 Å². The van der Waals surface area contributed by atoms with Crippen molar-refractivity contribution in [3.8, 4) is 0 Å². The van der Waals surface area contributed by atoms with Crippen LogP contribution in [-0.4, -0.2) is 11.2 Å². The maximum absolute atomic E-state index is 9.61. The van der Waals surface area contributed by atoms with E-state index in [-0.39, 0.29) is 6.10 Å². The Kier molecular flexibility index (Phi) is 1.71. The van der Waals surface area contributed by atoms with Crippen molar-refractivity contribution in [2.45, 2.75) is 51.6 Å². The van der Waals surface area contributed by atoms with Crippen LogP contribution in [0.1, 0.15) is 45.4 Å². The highest BCUT2D eigenvalue weighted by Gasteiger charge is 2.46. The second kappa shape index (κ2) is 2.48. The fourth-order valence-corrected chi connectivity index (χ4v) is 2.60. The molecule has 0 saturated heterocycles. The molecule has 11 heavy (non-hydrogen) atoms. The average Bonchev–Trinajstić information content (AvgIpc) is 2.03. The molecule has 0 aromatic heterocycles. The molecular formula is C10H18O. The van der Waals surface area contributed by atoms with E-state index in [0.29, 0.717) is 5.41 Å². The van der Waals surface area contributed by atoms with Gasteiger partial charge in [0.15, 0.2) is 0 Å². The largest absolute Gasteiger partial charge is 0.393 e. The van der Waals surface area contributed by atoms with Crippen LogP contribution in [0.3, 0.4) is 0 Å². The van der Waals surface area contributed by atoms with Crippen LogP contribution in [0.5, 0.6) is 0 Å². The maximum Gasteiger partial charge on any atom is 0.0596 e. The van der Waals surface area contributed by atoms with Gasteiger partial charge >= 0.3 is 0 Å². The summed E-state index contributed by atoms with van der Waals surface area (Å²) in [6.07, 6.45) is 7.67. The molecule has 2 fully saturated rings. The quantitative estimate of drug-likeness (QED) is 0.568. The van der Waals surface area contributed by atoms with Crippen LogP contribution in [0, 0.1) is 11.3 Å². The van der Waals surface area contributed by atoms with Gasteiger partial charge in [-0.1, -0.05) is 19.8 Å². The van der Waals surface area contributed by atoms with Crippen molar-refractivity contribution in [3.05, 3.63) is 0 Å². The van der Waals surface area contributed by atoms with Crippen molar-refractivity contribution < 1.29 is 5.11 Å². The third kappa shape index (κ3) is 1.10. The topological polar surface area (TPSA) is 20.2 Å². The van der Waals surface area contributed by atoms with Gasteiger partial charge in [0, 0.05) is 0 Å². The van der Waals surface area contributed by atoms with Crippen LogP contribution in [-0.2, 0) is 0 Å². The van der Waals surface area contributed by atoms with E-state index >= 15 is 0 Å². The summed E-state index contributed by atoms with van der Waals surface area (Å²) in [4.78, 5) is 0. The zero-order valence-electron chi connectivity index (χ0n) is 7.34. The monoisotopic (exact) mass is 154 g/mol. The van der Waals surface area contributed by atoms with Gasteiger partial charge in [-0.2, -0.15) is 0 Å². The van der Waals surface area contributed by atoms with Crippen molar-refractivity contribution in [2.24, 2.45) is 11.3 Å². The minimum absolute atomic E-state index is 0.0509. The first-order valence-corrected chi connectivity index (χ1v) is 4.91. The molecule has 0 bridgehead atoms. The lowest BCUT2D eigenvalue weighted by molar-refractivity contribution is -0.0930. The van der Waals surface area contributed by atoms with Crippen LogP contribution < -0.4 is 0 Å². The van der Waals surface area contributed by atoms with Gasteiger partial charge in [0.1, 0.15) is 0 Å². The molecule has 2 saturated carbocycles. The summed E-state index contributed by atoms with van der Waals surface area (Å²) in [6, 6.07) is 0. The lowest BCUT2D eigenvalue weighted by atomic mass is 9.57. The third-order valence-corrected chi connectivity index (χ3v) is 3.89. The lowest BCUT2D eigenvalue weighted by Gasteiger charge is -2.50. The normalized spacial score (nSPS) is 50.7. The van der Waals surface area contributed by atoms with E-state index in [2.05, 4.69) is 6.92 Å². The van der Waals surface area contributed by atoms with Gasteiger partial charge < -0.3 is 5.11 Å². The van der Waals surface area contributed by atoms with Gasteiger partial charge in [-0.15, -0.1) is 0 Å². The Morgan fingerprint density at radius 1 is 1.09 bits per heavy atom. The first-order chi connectivity index (χ1) is 5.23. The molecule has 2 aliphatic rings. The predicted octanol–water partition coefficient (Wildman–Crippen LogP) is 2.34. The Morgan fingerprint density at radius 2 is 1.64 bits per heavy atom. The molecule has 0 radical (unpaired) electrons. The summed E-state index contributed by atoms with van der Waals surface area (Å²) in [5.41, 5.74) is 0.395.